The van der Waals surface area contributed by atoms with Crippen LogP contribution in [0.1, 0.15) is 36.7 Å². The summed E-state index contributed by atoms with van der Waals surface area (Å²) in [6.07, 6.45) is -0.133. The Morgan fingerprint density at radius 3 is 2.50 bits per heavy atom. The quantitative estimate of drug-likeness (QED) is 0.894. The molecule has 0 radical (unpaired) electrons. The molecule has 1 atom stereocenters. The Kier molecular flexibility index (Phi) is 3.44. The van der Waals surface area contributed by atoms with Gasteiger partial charge in [0.05, 0.1) is 11.8 Å². The Morgan fingerprint density at radius 1 is 1.18 bits per heavy atom. The van der Waals surface area contributed by atoms with Gasteiger partial charge in [0, 0.05) is 6.07 Å². The molecular weight excluding hydrogens is 287 g/mol. The molecule has 1 unspecified atom stereocenters. The second kappa shape index (κ2) is 5.29. The number of halogens is 1. The minimum atomic E-state index is -0.553. The summed E-state index contributed by atoms with van der Waals surface area (Å²) in [5.74, 6) is -0.531. The zero-order chi connectivity index (χ0) is 15.9. The number of fused-ring (bicyclic) bond motifs is 1. The van der Waals surface area contributed by atoms with E-state index in [0.717, 1.165) is 6.07 Å². The van der Waals surface area contributed by atoms with Crippen molar-refractivity contribution in [2.75, 3.05) is 0 Å². The molecule has 2 N–H and O–H groups in total. The minimum absolute atomic E-state index is 0.133. The molecule has 0 saturated carbocycles. The van der Waals surface area contributed by atoms with Crippen molar-refractivity contribution in [1.29, 1.82) is 0 Å². The third-order valence-electron chi connectivity index (χ3n) is 3.27. The van der Waals surface area contributed by atoms with Gasteiger partial charge < -0.3 is 14.9 Å². The number of hydrogen-bond donors (Lipinski definition) is 2. The highest BCUT2D eigenvalue weighted by molar-refractivity contribution is 6.01. The van der Waals surface area contributed by atoms with Gasteiger partial charge in [-0.05, 0) is 31.5 Å². The molecule has 0 amide bonds. The van der Waals surface area contributed by atoms with Crippen molar-refractivity contribution in [2.24, 2.45) is 4.99 Å². The maximum Gasteiger partial charge on any atom is 0.223 e. The van der Waals surface area contributed by atoms with Crippen molar-refractivity contribution in [1.82, 2.24) is 4.98 Å². The maximum atomic E-state index is 13.1. The van der Waals surface area contributed by atoms with Gasteiger partial charge in [-0.1, -0.05) is 12.1 Å². The first-order chi connectivity index (χ1) is 10.5. The topological polar surface area (TPSA) is 74.9 Å². The summed E-state index contributed by atoms with van der Waals surface area (Å²) in [7, 11) is 0. The molecule has 3 rings (SSSR count). The molecule has 0 fully saturated rings. The summed E-state index contributed by atoms with van der Waals surface area (Å²) < 4.78 is 18.7. The van der Waals surface area contributed by atoms with E-state index >= 15 is 0 Å². The molecule has 0 saturated heterocycles. The van der Waals surface area contributed by atoms with Gasteiger partial charge in [0.1, 0.15) is 23.2 Å². The standard InChI is InChI=1S/C16H15FN2O3/c1-8(2)22-16-13-11(20)7-12(21)18-15(13)14(19-16)9-3-5-10(17)6-4-9/h3-8,14H,1-2H3,(H2,18,20,21). The largest absolute Gasteiger partial charge is 0.507 e. The van der Waals surface area contributed by atoms with Crippen LogP contribution in [0.15, 0.2) is 35.3 Å². The van der Waals surface area contributed by atoms with E-state index in [-0.39, 0.29) is 29.4 Å². The van der Waals surface area contributed by atoms with E-state index in [1.165, 1.54) is 12.1 Å². The number of pyridine rings is 1. The number of aromatic nitrogens is 1. The number of hydrogen-bond acceptors (Lipinski definition) is 5. The molecule has 0 spiro atoms. The minimum Gasteiger partial charge on any atom is -0.507 e. The Labute approximate surface area is 126 Å². The lowest BCUT2D eigenvalue weighted by Crippen LogP contribution is -2.11. The zero-order valence-corrected chi connectivity index (χ0v) is 12.1. The first-order valence-corrected chi connectivity index (χ1v) is 6.89. The number of nitrogens with zero attached hydrogens (tertiary/aromatic N) is 2. The lowest BCUT2D eigenvalue weighted by molar-refractivity contribution is 0.229. The fraction of sp³-hybridized carbons (Fsp3) is 0.250. The van der Waals surface area contributed by atoms with Gasteiger partial charge >= 0.3 is 0 Å². The molecule has 0 bridgehead atoms. The van der Waals surface area contributed by atoms with E-state index in [1.54, 1.807) is 12.1 Å². The molecule has 1 aliphatic heterocycles. The highest BCUT2D eigenvalue weighted by Crippen LogP contribution is 2.39. The lowest BCUT2D eigenvalue weighted by atomic mass is 10.0. The van der Waals surface area contributed by atoms with E-state index in [1.807, 2.05) is 13.8 Å². The molecule has 1 aliphatic rings. The van der Waals surface area contributed by atoms with E-state index < -0.39 is 6.04 Å². The first kappa shape index (κ1) is 14.3. The van der Waals surface area contributed by atoms with Gasteiger partial charge in [-0.15, -0.1) is 0 Å². The molecule has 5 nitrogen and oxygen atoms in total. The van der Waals surface area contributed by atoms with Crippen molar-refractivity contribution in [2.45, 2.75) is 26.0 Å². The second-order valence-electron chi connectivity index (χ2n) is 5.31. The molecule has 0 aliphatic carbocycles. The van der Waals surface area contributed by atoms with Crippen LogP contribution >= 0.6 is 0 Å². The Hall–Kier alpha value is -2.63. The highest BCUT2D eigenvalue weighted by atomic mass is 19.1. The van der Waals surface area contributed by atoms with Gasteiger partial charge in [0.2, 0.25) is 11.8 Å². The Bertz CT molecular complexity index is 742. The fourth-order valence-electron chi connectivity index (χ4n) is 2.39. The number of rotatable bonds is 2. The number of ether oxygens (including phenoxy) is 1. The number of benzene rings is 1. The van der Waals surface area contributed by atoms with Crippen molar-refractivity contribution < 1.29 is 19.3 Å². The molecule has 1 aromatic carbocycles. The molecule has 22 heavy (non-hydrogen) atoms. The van der Waals surface area contributed by atoms with Crippen molar-refractivity contribution in [3.8, 4) is 11.6 Å². The summed E-state index contributed by atoms with van der Waals surface area (Å²) >= 11 is 0. The molecule has 1 aromatic heterocycles. The first-order valence-electron chi connectivity index (χ1n) is 6.89. The predicted molar refractivity (Wildman–Crippen MR) is 78.6 cm³/mol. The van der Waals surface area contributed by atoms with Crippen molar-refractivity contribution in [3.05, 3.63) is 53.0 Å². The highest BCUT2D eigenvalue weighted by Gasteiger charge is 2.33. The van der Waals surface area contributed by atoms with Crippen LogP contribution in [0.4, 0.5) is 4.39 Å². The van der Waals surface area contributed by atoms with Crippen LogP contribution in [0.2, 0.25) is 0 Å². The van der Waals surface area contributed by atoms with Crippen LogP contribution < -0.4 is 0 Å². The monoisotopic (exact) mass is 302 g/mol. The summed E-state index contributed by atoms with van der Waals surface area (Å²) in [5.41, 5.74) is 1.45. The predicted octanol–water partition coefficient (Wildman–Crippen LogP) is 2.91. The number of aromatic hydroxyl groups is 2. The van der Waals surface area contributed by atoms with Gasteiger partial charge in [-0.3, -0.25) is 0 Å². The van der Waals surface area contributed by atoms with Crippen LogP contribution in [0, 0.1) is 5.82 Å². The third-order valence-corrected chi connectivity index (χ3v) is 3.27. The fourth-order valence-corrected chi connectivity index (χ4v) is 2.39. The molecule has 6 heteroatoms. The van der Waals surface area contributed by atoms with Crippen LogP contribution in [-0.4, -0.2) is 27.2 Å². The second-order valence-corrected chi connectivity index (χ2v) is 5.31. The van der Waals surface area contributed by atoms with Gasteiger partial charge in [0.25, 0.3) is 0 Å². The smallest absolute Gasteiger partial charge is 0.223 e. The Balaban J connectivity index is 2.12. The average Bonchev–Trinajstić information content (AvgIpc) is 2.77. The van der Waals surface area contributed by atoms with Crippen LogP contribution in [-0.2, 0) is 4.74 Å². The SMILES string of the molecule is CC(C)OC1=NC(c2ccc(F)cc2)c2nc(O)cc(O)c21. The molecule has 2 heterocycles. The zero-order valence-electron chi connectivity index (χ0n) is 12.1. The summed E-state index contributed by atoms with van der Waals surface area (Å²) in [5, 5.41) is 19.7. The molecular formula is C16H15FN2O3. The van der Waals surface area contributed by atoms with Crippen molar-refractivity contribution in [3.63, 3.8) is 0 Å². The molecule has 2 aromatic rings. The van der Waals surface area contributed by atoms with E-state index in [4.69, 9.17) is 4.74 Å². The van der Waals surface area contributed by atoms with Crippen LogP contribution in [0.25, 0.3) is 0 Å². The maximum absolute atomic E-state index is 13.1. The van der Waals surface area contributed by atoms with Gasteiger partial charge in [0.15, 0.2) is 0 Å². The van der Waals surface area contributed by atoms with E-state index in [0.29, 0.717) is 16.8 Å². The normalized spacial score (nSPS) is 16.5. The lowest BCUT2D eigenvalue weighted by Gasteiger charge is -2.11. The van der Waals surface area contributed by atoms with Gasteiger partial charge in [-0.2, -0.15) is 0 Å². The van der Waals surface area contributed by atoms with E-state index in [2.05, 4.69) is 9.98 Å². The Morgan fingerprint density at radius 2 is 1.86 bits per heavy atom. The summed E-state index contributed by atoms with van der Waals surface area (Å²) in [6, 6.07) is 6.43. The average molecular weight is 302 g/mol. The van der Waals surface area contributed by atoms with Crippen LogP contribution in [0.5, 0.6) is 11.6 Å². The van der Waals surface area contributed by atoms with Crippen molar-refractivity contribution >= 4 is 5.90 Å². The van der Waals surface area contributed by atoms with Crippen LogP contribution in [0.3, 0.4) is 0 Å². The summed E-state index contributed by atoms with van der Waals surface area (Å²) in [4.78, 5) is 8.50. The third kappa shape index (κ3) is 2.47. The molecule has 114 valence electrons. The van der Waals surface area contributed by atoms with E-state index in [9.17, 15) is 14.6 Å². The van der Waals surface area contributed by atoms with Gasteiger partial charge in [-0.25, -0.2) is 14.4 Å². The summed E-state index contributed by atoms with van der Waals surface area (Å²) in [6.45, 7) is 3.69. The number of aliphatic imine (C=N–C) groups is 1.